The fourth-order valence-corrected chi connectivity index (χ4v) is 2.44. The third-order valence-corrected chi connectivity index (χ3v) is 3.87. The van der Waals surface area contributed by atoms with E-state index in [0.29, 0.717) is 42.5 Å². The number of aromatic carboxylic acids is 1. The number of halogens is 1. The highest BCUT2D eigenvalue weighted by Crippen LogP contribution is 2.23. The van der Waals surface area contributed by atoms with Crippen molar-refractivity contribution in [1.82, 2.24) is 5.32 Å². The van der Waals surface area contributed by atoms with E-state index in [0.717, 1.165) is 5.56 Å². The van der Waals surface area contributed by atoms with Gasteiger partial charge in [0, 0.05) is 18.7 Å². The van der Waals surface area contributed by atoms with Gasteiger partial charge in [0.25, 0.3) is 5.91 Å². The Balaban J connectivity index is 1.94. The Morgan fingerprint density at radius 2 is 1.85 bits per heavy atom. The summed E-state index contributed by atoms with van der Waals surface area (Å²) >= 11 is 5.98. The standard InChI is InChI=1S/C19H20ClNO5/c1-25-10-11-26-17-7-6-15(20)12-16(17)18(22)21-9-8-13-2-4-14(5-3-13)19(23)24/h2-7,12H,8-11H2,1H3,(H,21,22)(H,23,24). The number of benzene rings is 2. The molecular weight excluding hydrogens is 358 g/mol. The van der Waals surface area contributed by atoms with E-state index in [1.165, 1.54) is 12.1 Å². The van der Waals surface area contributed by atoms with Gasteiger partial charge in [0.15, 0.2) is 0 Å². The zero-order valence-corrected chi connectivity index (χ0v) is 15.1. The van der Waals surface area contributed by atoms with Crippen LogP contribution in [0.2, 0.25) is 5.02 Å². The summed E-state index contributed by atoms with van der Waals surface area (Å²) in [6.07, 6.45) is 0.575. The van der Waals surface area contributed by atoms with Crippen LogP contribution in [0.5, 0.6) is 5.75 Å². The van der Waals surface area contributed by atoms with Crippen molar-refractivity contribution in [3.63, 3.8) is 0 Å². The molecule has 26 heavy (non-hydrogen) atoms. The van der Waals surface area contributed by atoms with E-state index in [4.69, 9.17) is 26.2 Å². The van der Waals surface area contributed by atoms with E-state index >= 15 is 0 Å². The van der Waals surface area contributed by atoms with Crippen molar-refractivity contribution < 1.29 is 24.2 Å². The number of carbonyl (C=O) groups is 2. The second-order valence-corrected chi connectivity index (χ2v) is 5.93. The molecule has 2 aromatic rings. The number of ether oxygens (including phenoxy) is 2. The number of carboxylic acids is 1. The van der Waals surface area contributed by atoms with Crippen LogP contribution >= 0.6 is 11.6 Å². The Labute approximate surface area is 156 Å². The first-order chi connectivity index (χ1) is 12.5. The van der Waals surface area contributed by atoms with Crippen molar-refractivity contribution >= 4 is 23.5 Å². The van der Waals surface area contributed by atoms with Gasteiger partial charge in [0.1, 0.15) is 12.4 Å². The Bertz CT molecular complexity index is 761. The summed E-state index contributed by atoms with van der Waals surface area (Å²) in [6, 6.07) is 11.4. The number of nitrogens with one attached hydrogen (secondary N) is 1. The number of carboxylic acid groups (broad SMARTS) is 1. The number of amides is 1. The molecule has 6 nitrogen and oxygen atoms in total. The summed E-state index contributed by atoms with van der Waals surface area (Å²) in [6.45, 7) is 1.14. The molecule has 0 atom stereocenters. The summed E-state index contributed by atoms with van der Waals surface area (Å²) < 4.78 is 10.5. The van der Waals surface area contributed by atoms with Crippen LogP contribution in [0.1, 0.15) is 26.3 Å². The molecule has 0 radical (unpaired) electrons. The summed E-state index contributed by atoms with van der Waals surface area (Å²) in [5.41, 5.74) is 1.52. The van der Waals surface area contributed by atoms with Crippen molar-refractivity contribution in [1.29, 1.82) is 0 Å². The lowest BCUT2D eigenvalue weighted by atomic mass is 10.1. The monoisotopic (exact) mass is 377 g/mol. The molecule has 0 aliphatic carbocycles. The highest BCUT2D eigenvalue weighted by molar-refractivity contribution is 6.31. The van der Waals surface area contributed by atoms with Gasteiger partial charge in [0.2, 0.25) is 0 Å². The van der Waals surface area contributed by atoms with Crippen molar-refractivity contribution in [3.05, 3.63) is 64.2 Å². The Hall–Kier alpha value is -2.57. The Morgan fingerprint density at radius 1 is 1.12 bits per heavy atom. The van der Waals surface area contributed by atoms with Crippen LogP contribution in [0.4, 0.5) is 0 Å². The van der Waals surface area contributed by atoms with Crippen LogP contribution < -0.4 is 10.1 Å². The maximum absolute atomic E-state index is 12.4. The van der Waals surface area contributed by atoms with Crippen molar-refractivity contribution in [2.24, 2.45) is 0 Å². The smallest absolute Gasteiger partial charge is 0.335 e. The first-order valence-corrected chi connectivity index (χ1v) is 8.41. The lowest BCUT2D eigenvalue weighted by Gasteiger charge is -2.12. The number of hydrogen-bond acceptors (Lipinski definition) is 4. The van der Waals surface area contributed by atoms with Crippen LogP contribution in [-0.2, 0) is 11.2 Å². The number of hydrogen-bond donors (Lipinski definition) is 2. The zero-order valence-electron chi connectivity index (χ0n) is 14.3. The van der Waals surface area contributed by atoms with Gasteiger partial charge in [-0.1, -0.05) is 23.7 Å². The molecule has 1 amide bonds. The molecule has 0 heterocycles. The molecule has 2 rings (SSSR count). The average molecular weight is 378 g/mol. The zero-order chi connectivity index (χ0) is 18.9. The first kappa shape index (κ1) is 19.8. The summed E-state index contributed by atoms with van der Waals surface area (Å²) in [5, 5.41) is 12.1. The SMILES string of the molecule is COCCOc1ccc(Cl)cc1C(=O)NCCc1ccc(C(=O)O)cc1. The molecular formula is C19H20ClNO5. The van der Waals surface area contributed by atoms with Gasteiger partial charge < -0.3 is 19.9 Å². The lowest BCUT2D eigenvalue weighted by molar-refractivity contribution is 0.0696. The van der Waals surface area contributed by atoms with Gasteiger partial charge >= 0.3 is 5.97 Å². The van der Waals surface area contributed by atoms with Crippen LogP contribution in [-0.4, -0.2) is 43.9 Å². The predicted molar refractivity (Wildman–Crippen MR) is 98.3 cm³/mol. The largest absolute Gasteiger partial charge is 0.490 e. The number of carbonyl (C=O) groups excluding carboxylic acids is 1. The summed E-state index contributed by atoms with van der Waals surface area (Å²) in [4.78, 5) is 23.3. The second kappa shape index (κ2) is 9.79. The van der Waals surface area contributed by atoms with E-state index in [1.54, 1.807) is 37.4 Å². The second-order valence-electron chi connectivity index (χ2n) is 5.49. The van der Waals surface area contributed by atoms with Gasteiger partial charge in [-0.3, -0.25) is 4.79 Å². The fraction of sp³-hybridized carbons (Fsp3) is 0.263. The van der Waals surface area contributed by atoms with Crippen LogP contribution in [0.15, 0.2) is 42.5 Å². The van der Waals surface area contributed by atoms with Crippen LogP contribution in [0, 0.1) is 0 Å². The minimum Gasteiger partial charge on any atom is -0.490 e. The molecule has 0 saturated carbocycles. The minimum absolute atomic E-state index is 0.231. The number of rotatable bonds is 9. The number of methoxy groups -OCH3 is 1. The quantitative estimate of drug-likeness (QED) is 0.656. The molecule has 138 valence electrons. The molecule has 0 spiro atoms. The summed E-state index contributed by atoms with van der Waals surface area (Å²) in [7, 11) is 1.57. The van der Waals surface area contributed by atoms with Gasteiger partial charge in [-0.15, -0.1) is 0 Å². The van der Waals surface area contributed by atoms with Crippen LogP contribution in [0.3, 0.4) is 0 Å². The molecule has 0 bridgehead atoms. The van der Waals surface area contributed by atoms with Crippen molar-refractivity contribution in [2.75, 3.05) is 26.9 Å². The Kier molecular flexibility index (Phi) is 7.44. The van der Waals surface area contributed by atoms with Gasteiger partial charge in [0.05, 0.1) is 17.7 Å². The van der Waals surface area contributed by atoms with E-state index in [1.807, 2.05) is 0 Å². The maximum Gasteiger partial charge on any atom is 0.335 e. The molecule has 7 heteroatoms. The normalized spacial score (nSPS) is 10.4. The van der Waals surface area contributed by atoms with E-state index < -0.39 is 5.97 Å². The fourth-order valence-electron chi connectivity index (χ4n) is 2.27. The molecule has 0 saturated heterocycles. The average Bonchev–Trinajstić information content (AvgIpc) is 2.63. The van der Waals surface area contributed by atoms with Gasteiger partial charge in [-0.25, -0.2) is 4.79 Å². The molecule has 0 aromatic heterocycles. The van der Waals surface area contributed by atoms with Gasteiger partial charge in [-0.05, 0) is 42.3 Å². The molecule has 0 aliphatic heterocycles. The third kappa shape index (κ3) is 5.75. The molecule has 0 aliphatic rings. The van der Waals surface area contributed by atoms with E-state index in [-0.39, 0.29) is 11.5 Å². The minimum atomic E-state index is -0.966. The molecule has 2 aromatic carbocycles. The Morgan fingerprint density at radius 3 is 2.50 bits per heavy atom. The molecule has 0 unspecified atom stereocenters. The van der Waals surface area contributed by atoms with Crippen molar-refractivity contribution in [3.8, 4) is 5.75 Å². The first-order valence-electron chi connectivity index (χ1n) is 8.03. The van der Waals surface area contributed by atoms with Crippen LogP contribution in [0.25, 0.3) is 0 Å². The third-order valence-electron chi connectivity index (χ3n) is 3.63. The lowest BCUT2D eigenvalue weighted by Crippen LogP contribution is -2.26. The highest BCUT2D eigenvalue weighted by atomic mass is 35.5. The van der Waals surface area contributed by atoms with E-state index in [2.05, 4.69) is 5.32 Å². The summed E-state index contributed by atoms with van der Waals surface area (Å²) in [5.74, 6) is -0.816. The predicted octanol–water partition coefficient (Wildman–Crippen LogP) is 3.04. The highest BCUT2D eigenvalue weighted by Gasteiger charge is 2.13. The van der Waals surface area contributed by atoms with Gasteiger partial charge in [-0.2, -0.15) is 0 Å². The topological polar surface area (TPSA) is 84.9 Å². The molecule has 0 fully saturated rings. The van der Waals surface area contributed by atoms with Crippen molar-refractivity contribution in [2.45, 2.75) is 6.42 Å². The van der Waals surface area contributed by atoms with E-state index in [9.17, 15) is 9.59 Å². The molecule has 2 N–H and O–H groups in total. The maximum atomic E-state index is 12.4.